The monoisotopic (exact) mass is 235 g/mol. The predicted octanol–water partition coefficient (Wildman–Crippen LogP) is 3.18. The quantitative estimate of drug-likeness (QED) is 0.831. The van der Waals surface area contributed by atoms with Crippen molar-refractivity contribution in [1.29, 1.82) is 0 Å². The zero-order chi connectivity index (χ0) is 11.4. The van der Waals surface area contributed by atoms with Gasteiger partial charge in [0.05, 0.1) is 11.9 Å². The maximum atomic E-state index is 8.81. The van der Waals surface area contributed by atoms with Crippen molar-refractivity contribution in [2.75, 3.05) is 0 Å². The highest BCUT2D eigenvalue weighted by Crippen LogP contribution is 2.16. The van der Waals surface area contributed by atoms with Gasteiger partial charge in [0.15, 0.2) is 0 Å². The molecule has 0 fully saturated rings. The second-order valence-electron chi connectivity index (χ2n) is 3.20. The predicted molar refractivity (Wildman–Crippen MR) is 63.3 cm³/mol. The number of furan rings is 1. The van der Waals surface area contributed by atoms with E-state index in [-0.39, 0.29) is 6.61 Å². The second kappa shape index (κ2) is 4.96. The summed E-state index contributed by atoms with van der Waals surface area (Å²) in [6, 6.07) is 10.6. The molecule has 0 bridgehead atoms. The molecule has 1 heterocycles. The third-order valence-electron chi connectivity index (χ3n) is 2.01. The van der Waals surface area contributed by atoms with Gasteiger partial charge in [-0.2, -0.15) is 0 Å². The van der Waals surface area contributed by atoms with Gasteiger partial charge in [-0.05, 0) is 36.4 Å². The molecular formula is C12H10ClNO2. The number of aliphatic hydroxyl groups excluding tert-OH is 1. The Bertz CT molecular complexity index is 488. The Kier molecular flexibility index (Phi) is 3.39. The fourth-order valence-electron chi connectivity index (χ4n) is 1.21. The summed E-state index contributed by atoms with van der Waals surface area (Å²) in [5, 5.41) is 9.49. The molecule has 0 amide bonds. The van der Waals surface area contributed by atoms with Crippen LogP contribution >= 0.6 is 11.6 Å². The largest absolute Gasteiger partial charge is 0.458 e. The fraction of sp³-hybridized carbons (Fsp3) is 0.0833. The Balaban J connectivity index is 2.11. The van der Waals surface area contributed by atoms with Crippen LogP contribution in [0.1, 0.15) is 11.5 Å². The van der Waals surface area contributed by atoms with Crippen LogP contribution in [0, 0.1) is 0 Å². The van der Waals surface area contributed by atoms with E-state index in [0.29, 0.717) is 16.5 Å². The lowest BCUT2D eigenvalue weighted by molar-refractivity contribution is 0.247. The number of halogens is 1. The summed E-state index contributed by atoms with van der Waals surface area (Å²) in [7, 11) is 0. The third-order valence-corrected chi connectivity index (χ3v) is 2.26. The van der Waals surface area contributed by atoms with Gasteiger partial charge < -0.3 is 9.52 Å². The van der Waals surface area contributed by atoms with Crippen molar-refractivity contribution >= 4 is 23.5 Å². The number of hydrogen-bond donors (Lipinski definition) is 1. The highest BCUT2D eigenvalue weighted by atomic mass is 35.5. The Morgan fingerprint density at radius 3 is 2.56 bits per heavy atom. The Morgan fingerprint density at radius 2 is 1.94 bits per heavy atom. The van der Waals surface area contributed by atoms with E-state index >= 15 is 0 Å². The molecule has 0 aliphatic carbocycles. The van der Waals surface area contributed by atoms with Crippen molar-refractivity contribution in [2.45, 2.75) is 6.61 Å². The Labute approximate surface area is 98.0 Å². The molecule has 0 radical (unpaired) electrons. The molecule has 0 atom stereocenters. The number of aliphatic imine (C=N–C) groups is 1. The molecule has 0 aliphatic heterocycles. The van der Waals surface area contributed by atoms with Gasteiger partial charge in [0.25, 0.3) is 0 Å². The number of hydrogen-bond acceptors (Lipinski definition) is 3. The molecular weight excluding hydrogens is 226 g/mol. The van der Waals surface area contributed by atoms with Crippen LogP contribution in [0.15, 0.2) is 45.8 Å². The highest BCUT2D eigenvalue weighted by molar-refractivity contribution is 6.30. The molecule has 0 aliphatic rings. The van der Waals surface area contributed by atoms with Crippen molar-refractivity contribution < 1.29 is 9.52 Å². The van der Waals surface area contributed by atoms with Crippen LogP contribution in [-0.4, -0.2) is 11.3 Å². The molecule has 2 rings (SSSR count). The van der Waals surface area contributed by atoms with Gasteiger partial charge in [-0.3, -0.25) is 4.99 Å². The van der Waals surface area contributed by atoms with Crippen LogP contribution in [0.25, 0.3) is 0 Å². The van der Waals surface area contributed by atoms with Gasteiger partial charge >= 0.3 is 0 Å². The van der Waals surface area contributed by atoms with Gasteiger partial charge in [0, 0.05) is 5.02 Å². The molecule has 4 heteroatoms. The Morgan fingerprint density at radius 1 is 1.19 bits per heavy atom. The molecule has 0 saturated carbocycles. The van der Waals surface area contributed by atoms with E-state index in [1.54, 1.807) is 30.5 Å². The first kappa shape index (κ1) is 10.9. The normalized spacial score (nSPS) is 11.1. The highest BCUT2D eigenvalue weighted by Gasteiger charge is 1.97. The Hall–Kier alpha value is -1.58. The van der Waals surface area contributed by atoms with Crippen LogP contribution in [0.2, 0.25) is 5.02 Å². The second-order valence-corrected chi connectivity index (χ2v) is 3.63. The summed E-state index contributed by atoms with van der Waals surface area (Å²) in [6.45, 7) is -0.102. The molecule has 1 N–H and O–H groups in total. The number of benzene rings is 1. The summed E-state index contributed by atoms with van der Waals surface area (Å²) in [5.41, 5.74) is 0.798. The lowest BCUT2D eigenvalue weighted by Crippen LogP contribution is -1.76. The van der Waals surface area contributed by atoms with Crippen LogP contribution in [0.5, 0.6) is 0 Å². The molecule has 1 aromatic heterocycles. The molecule has 3 nitrogen and oxygen atoms in total. The van der Waals surface area contributed by atoms with Gasteiger partial charge in [0.2, 0.25) is 0 Å². The third kappa shape index (κ3) is 2.72. The maximum Gasteiger partial charge on any atom is 0.145 e. The van der Waals surface area contributed by atoms with E-state index in [1.807, 2.05) is 12.1 Å². The summed E-state index contributed by atoms with van der Waals surface area (Å²) in [4.78, 5) is 4.21. The molecule has 1 aromatic carbocycles. The summed E-state index contributed by atoms with van der Waals surface area (Å²) in [6.07, 6.45) is 1.60. The van der Waals surface area contributed by atoms with Crippen LogP contribution in [0.3, 0.4) is 0 Å². The number of rotatable bonds is 3. The summed E-state index contributed by atoms with van der Waals surface area (Å²) < 4.78 is 5.25. The molecule has 16 heavy (non-hydrogen) atoms. The molecule has 0 spiro atoms. The molecule has 82 valence electrons. The SMILES string of the molecule is OCc1ccc(C=Nc2ccc(Cl)cc2)o1. The van der Waals surface area contributed by atoms with E-state index in [0.717, 1.165) is 5.69 Å². The van der Waals surface area contributed by atoms with Crippen molar-refractivity contribution in [3.05, 3.63) is 52.9 Å². The minimum atomic E-state index is -0.102. The fourth-order valence-corrected chi connectivity index (χ4v) is 1.34. The minimum Gasteiger partial charge on any atom is -0.458 e. The average Bonchev–Trinajstić information content (AvgIpc) is 2.76. The lowest BCUT2D eigenvalue weighted by Gasteiger charge is -1.92. The van der Waals surface area contributed by atoms with E-state index in [1.165, 1.54) is 0 Å². The summed E-state index contributed by atoms with van der Waals surface area (Å²) in [5.74, 6) is 1.14. The zero-order valence-corrected chi connectivity index (χ0v) is 9.19. The first-order chi connectivity index (χ1) is 7.78. The first-order valence-electron chi connectivity index (χ1n) is 4.77. The van der Waals surface area contributed by atoms with E-state index in [9.17, 15) is 0 Å². The molecule has 2 aromatic rings. The number of aliphatic hydroxyl groups is 1. The standard InChI is InChI=1S/C12H10ClNO2/c13-9-1-3-10(4-2-9)14-7-11-5-6-12(8-15)16-11/h1-7,15H,8H2. The zero-order valence-electron chi connectivity index (χ0n) is 8.43. The van der Waals surface area contributed by atoms with Crippen molar-refractivity contribution in [3.63, 3.8) is 0 Å². The van der Waals surface area contributed by atoms with Crippen LogP contribution < -0.4 is 0 Å². The van der Waals surface area contributed by atoms with Crippen molar-refractivity contribution in [1.82, 2.24) is 0 Å². The van der Waals surface area contributed by atoms with Gasteiger partial charge in [-0.25, -0.2) is 0 Å². The van der Waals surface area contributed by atoms with Gasteiger partial charge in [-0.15, -0.1) is 0 Å². The smallest absolute Gasteiger partial charge is 0.145 e. The number of nitrogens with zero attached hydrogens (tertiary/aromatic N) is 1. The van der Waals surface area contributed by atoms with E-state index < -0.39 is 0 Å². The van der Waals surface area contributed by atoms with Crippen molar-refractivity contribution in [2.24, 2.45) is 4.99 Å². The summed E-state index contributed by atoms with van der Waals surface area (Å²) >= 11 is 5.75. The van der Waals surface area contributed by atoms with E-state index in [4.69, 9.17) is 21.1 Å². The molecule has 0 saturated heterocycles. The van der Waals surface area contributed by atoms with Crippen molar-refractivity contribution in [3.8, 4) is 0 Å². The lowest BCUT2D eigenvalue weighted by atomic mass is 10.3. The topological polar surface area (TPSA) is 45.7 Å². The van der Waals surface area contributed by atoms with E-state index in [2.05, 4.69) is 4.99 Å². The van der Waals surface area contributed by atoms with Crippen LogP contribution in [-0.2, 0) is 6.61 Å². The maximum absolute atomic E-state index is 8.81. The first-order valence-corrected chi connectivity index (χ1v) is 5.15. The molecule has 0 unspecified atom stereocenters. The van der Waals surface area contributed by atoms with Gasteiger partial charge in [-0.1, -0.05) is 11.6 Å². The van der Waals surface area contributed by atoms with Crippen LogP contribution in [0.4, 0.5) is 5.69 Å². The average molecular weight is 236 g/mol. The van der Waals surface area contributed by atoms with Gasteiger partial charge in [0.1, 0.15) is 18.1 Å². The minimum absolute atomic E-state index is 0.102.